The van der Waals surface area contributed by atoms with Gasteiger partial charge in [0, 0.05) is 6.04 Å². The summed E-state index contributed by atoms with van der Waals surface area (Å²) in [4.78, 5) is 14.0. The molecule has 5 rings (SSSR count). The van der Waals surface area contributed by atoms with Gasteiger partial charge in [-0.1, -0.05) is 78.5 Å². The number of nitrogens with one attached hydrogen (secondary N) is 1. The Morgan fingerprint density at radius 3 is 2.26 bits per heavy atom. The van der Waals surface area contributed by atoms with Crippen molar-refractivity contribution in [3.05, 3.63) is 89.3 Å². The molecule has 5 nitrogen and oxygen atoms in total. The van der Waals surface area contributed by atoms with Crippen LogP contribution in [0.3, 0.4) is 0 Å². The molecule has 2 aromatic heterocycles. The molecular weight excluding hydrogens is 424 g/mol. The fourth-order valence-corrected chi connectivity index (χ4v) is 5.12. The van der Waals surface area contributed by atoms with Crippen molar-refractivity contribution < 1.29 is 4.79 Å². The molecule has 1 fully saturated rings. The fraction of sp³-hybridized carbons (Fsp3) is 0.208. The number of hydrogen-bond acceptors (Lipinski definition) is 5. The lowest BCUT2D eigenvalue weighted by Gasteiger charge is -2.20. The molecule has 7 heteroatoms. The molecule has 31 heavy (non-hydrogen) atoms. The van der Waals surface area contributed by atoms with Crippen LogP contribution in [-0.2, 0) is 4.79 Å². The van der Waals surface area contributed by atoms with Gasteiger partial charge in [-0.3, -0.25) is 9.36 Å². The summed E-state index contributed by atoms with van der Waals surface area (Å²) in [6, 6.07) is 24.5. The summed E-state index contributed by atoms with van der Waals surface area (Å²) in [6.07, 6.45) is 2.28. The lowest BCUT2D eigenvalue weighted by molar-refractivity contribution is -0.119. The molecule has 2 heterocycles. The summed E-state index contributed by atoms with van der Waals surface area (Å²) in [5.41, 5.74) is 2.13. The monoisotopic (exact) mass is 446 g/mol. The van der Waals surface area contributed by atoms with Gasteiger partial charge in [0.1, 0.15) is 0 Å². The highest BCUT2D eigenvalue weighted by atomic mass is 32.2. The topological polar surface area (TPSA) is 59.8 Å². The molecule has 1 N–H and O–H groups in total. The van der Waals surface area contributed by atoms with Crippen molar-refractivity contribution in [2.45, 2.75) is 30.1 Å². The van der Waals surface area contributed by atoms with Crippen LogP contribution in [-0.4, -0.2) is 26.4 Å². The van der Waals surface area contributed by atoms with Crippen molar-refractivity contribution >= 4 is 29.0 Å². The SMILES string of the molecule is O=C(CSc1nnc(-c2cccs2)n1C1CC1)NC(c1ccccc1)c1ccccc1. The molecule has 0 unspecified atom stereocenters. The summed E-state index contributed by atoms with van der Waals surface area (Å²) in [5.74, 6) is 1.18. The summed E-state index contributed by atoms with van der Waals surface area (Å²) in [5, 5.41) is 14.9. The van der Waals surface area contributed by atoms with Crippen molar-refractivity contribution in [3.63, 3.8) is 0 Å². The molecular formula is C24H22N4OS2. The van der Waals surface area contributed by atoms with E-state index in [1.54, 1.807) is 11.3 Å². The van der Waals surface area contributed by atoms with Crippen LogP contribution < -0.4 is 5.32 Å². The van der Waals surface area contributed by atoms with Crippen LogP contribution in [0, 0.1) is 0 Å². The first kappa shape index (κ1) is 20.0. The average molecular weight is 447 g/mol. The first-order valence-corrected chi connectivity index (χ1v) is 12.2. The van der Waals surface area contributed by atoms with Gasteiger partial charge in [-0.25, -0.2) is 0 Å². The fourth-order valence-electron chi connectivity index (χ4n) is 3.59. The average Bonchev–Trinajstić information content (AvgIpc) is 3.33. The van der Waals surface area contributed by atoms with Crippen LogP contribution in [0.4, 0.5) is 0 Å². The van der Waals surface area contributed by atoms with Crippen molar-refractivity contribution in [1.82, 2.24) is 20.1 Å². The standard InChI is InChI=1S/C24H22N4OS2/c29-21(25-22(17-8-3-1-4-9-17)18-10-5-2-6-11-18)16-31-24-27-26-23(20-12-7-15-30-20)28(24)19-13-14-19/h1-12,15,19,22H,13-14,16H2,(H,25,29). The largest absolute Gasteiger partial charge is 0.344 e. The smallest absolute Gasteiger partial charge is 0.231 e. The minimum atomic E-state index is -0.182. The van der Waals surface area contributed by atoms with E-state index >= 15 is 0 Å². The van der Waals surface area contributed by atoms with Gasteiger partial charge in [0.15, 0.2) is 11.0 Å². The number of amides is 1. The minimum Gasteiger partial charge on any atom is -0.344 e. The zero-order chi connectivity index (χ0) is 21.0. The Kier molecular flexibility index (Phi) is 5.86. The van der Waals surface area contributed by atoms with E-state index in [0.717, 1.165) is 39.8 Å². The van der Waals surface area contributed by atoms with Crippen molar-refractivity contribution in [1.29, 1.82) is 0 Å². The molecule has 1 amide bonds. The molecule has 0 bridgehead atoms. The van der Waals surface area contributed by atoms with Crippen LogP contribution in [0.1, 0.15) is 36.1 Å². The van der Waals surface area contributed by atoms with Crippen molar-refractivity contribution in [2.24, 2.45) is 0 Å². The Labute approximate surface area is 189 Å². The summed E-state index contributed by atoms with van der Waals surface area (Å²) in [7, 11) is 0. The van der Waals surface area contributed by atoms with Gasteiger partial charge in [0.05, 0.1) is 16.7 Å². The third-order valence-corrected chi connectivity index (χ3v) is 7.03. The van der Waals surface area contributed by atoms with Gasteiger partial charge in [0.2, 0.25) is 5.91 Å². The predicted octanol–water partition coefficient (Wildman–Crippen LogP) is 5.34. The normalized spacial score (nSPS) is 13.5. The zero-order valence-electron chi connectivity index (χ0n) is 16.8. The zero-order valence-corrected chi connectivity index (χ0v) is 18.5. The Bertz CT molecular complexity index is 1100. The van der Waals surface area contributed by atoms with Gasteiger partial charge in [-0.15, -0.1) is 21.5 Å². The van der Waals surface area contributed by atoms with Crippen molar-refractivity contribution in [2.75, 3.05) is 5.75 Å². The van der Waals surface area contributed by atoms with E-state index in [4.69, 9.17) is 0 Å². The molecule has 1 aliphatic rings. The highest BCUT2D eigenvalue weighted by molar-refractivity contribution is 7.99. The quantitative estimate of drug-likeness (QED) is 0.371. The molecule has 0 radical (unpaired) electrons. The number of carbonyl (C=O) groups is 1. The highest BCUT2D eigenvalue weighted by Gasteiger charge is 2.30. The van der Waals surface area contributed by atoms with Crippen LogP contribution in [0.25, 0.3) is 10.7 Å². The van der Waals surface area contributed by atoms with E-state index < -0.39 is 0 Å². The number of rotatable bonds is 8. The number of thioether (sulfide) groups is 1. The second kappa shape index (κ2) is 9.08. The molecule has 1 saturated carbocycles. The first-order valence-electron chi connectivity index (χ1n) is 10.3. The molecule has 0 atom stereocenters. The van der Waals surface area contributed by atoms with Gasteiger partial charge in [-0.05, 0) is 35.4 Å². The van der Waals surface area contributed by atoms with Gasteiger partial charge < -0.3 is 5.32 Å². The molecule has 2 aromatic carbocycles. The minimum absolute atomic E-state index is 0.0225. The van der Waals surface area contributed by atoms with E-state index in [2.05, 4.69) is 31.5 Å². The molecule has 0 aliphatic heterocycles. The van der Waals surface area contributed by atoms with Crippen molar-refractivity contribution in [3.8, 4) is 10.7 Å². The van der Waals surface area contributed by atoms with E-state index in [1.165, 1.54) is 11.8 Å². The lowest BCUT2D eigenvalue weighted by atomic mass is 9.99. The molecule has 1 aliphatic carbocycles. The number of thiophene rings is 1. The third kappa shape index (κ3) is 4.57. The number of nitrogens with zero attached hydrogens (tertiary/aromatic N) is 3. The summed E-state index contributed by atoms with van der Waals surface area (Å²) in [6.45, 7) is 0. The molecule has 4 aromatic rings. The molecule has 0 spiro atoms. The van der Waals surface area contributed by atoms with E-state index in [9.17, 15) is 4.79 Å². The Hall–Kier alpha value is -2.90. The van der Waals surface area contributed by atoms with Crippen LogP contribution >= 0.6 is 23.1 Å². The Morgan fingerprint density at radius 1 is 1.00 bits per heavy atom. The maximum absolute atomic E-state index is 12.9. The lowest BCUT2D eigenvalue weighted by Crippen LogP contribution is -2.30. The summed E-state index contributed by atoms with van der Waals surface area (Å²) < 4.78 is 2.20. The van der Waals surface area contributed by atoms with E-state index in [0.29, 0.717) is 11.8 Å². The number of benzene rings is 2. The molecule has 0 saturated heterocycles. The second-order valence-electron chi connectivity index (χ2n) is 7.50. The van der Waals surface area contributed by atoms with Crippen LogP contribution in [0.2, 0.25) is 0 Å². The Balaban J connectivity index is 1.31. The summed E-state index contributed by atoms with van der Waals surface area (Å²) >= 11 is 3.12. The number of carbonyl (C=O) groups excluding carboxylic acids is 1. The third-order valence-electron chi connectivity index (χ3n) is 5.22. The van der Waals surface area contributed by atoms with Crippen LogP contribution in [0.5, 0.6) is 0 Å². The number of hydrogen-bond donors (Lipinski definition) is 1. The van der Waals surface area contributed by atoms with E-state index in [1.807, 2.05) is 66.7 Å². The van der Waals surface area contributed by atoms with Gasteiger partial charge in [-0.2, -0.15) is 0 Å². The highest BCUT2D eigenvalue weighted by Crippen LogP contribution is 2.41. The van der Waals surface area contributed by atoms with Gasteiger partial charge >= 0.3 is 0 Å². The predicted molar refractivity (Wildman–Crippen MR) is 125 cm³/mol. The van der Waals surface area contributed by atoms with E-state index in [-0.39, 0.29) is 11.9 Å². The Morgan fingerprint density at radius 2 is 1.68 bits per heavy atom. The maximum Gasteiger partial charge on any atom is 0.231 e. The maximum atomic E-state index is 12.9. The van der Waals surface area contributed by atoms with Gasteiger partial charge in [0.25, 0.3) is 0 Å². The molecule has 156 valence electrons. The second-order valence-corrected chi connectivity index (χ2v) is 9.39. The number of aromatic nitrogens is 3. The first-order chi connectivity index (χ1) is 15.3. The van der Waals surface area contributed by atoms with Crippen LogP contribution in [0.15, 0.2) is 83.3 Å².